The van der Waals surface area contributed by atoms with E-state index in [-0.39, 0.29) is 0 Å². The van der Waals surface area contributed by atoms with Gasteiger partial charge in [0, 0.05) is 63.5 Å². The third-order valence-corrected chi connectivity index (χ3v) is 12.9. The standard InChI is InChI=1S/C50H32N6S2/c1-3-16-38-33(4-2)34-21-11-13-24-39(34)56(38)50-54-47(31-19-9-6-10-20-31)53-49(55-50)36-23-15-26-42-43(36)37-29-32(27-28-41(37)57-42)48-51-44(30-17-7-5-8-18-30)46-45(52-48)35-22-12-14-25-40(35)58-46/h3-29H,2H2,1H3/b16-3-. The number of hydrogen-bond acceptors (Lipinski definition) is 7. The molecule has 8 heteroatoms. The maximum absolute atomic E-state index is 5.31. The first-order chi connectivity index (χ1) is 28.7. The van der Waals surface area contributed by atoms with Gasteiger partial charge in [0.2, 0.25) is 5.95 Å². The van der Waals surface area contributed by atoms with Crippen molar-refractivity contribution in [2.24, 2.45) is 0 Å². The predicted molar refractivity (Wildman–Crippen MR) is 245 cm³/mol. The van der Waals surface area contributed by atoms with Crippen LogP contribution in [-0.2, 0) is 0 Å². The van der Waals surface area contributed by atoms with E-state index in [2.05, 4.69) is 120 Å². The molecule has 0 atom stereocenters. The monoisotopic (exact) mass is 780 g/mol. The molecule has 58 heavy (non-hydrogen) atoms. The Balaban J connectivity index is 1.16. The van der Waals surface area contributed by atoms with Crippen LogP contribution in [-0.4, -0.2) is 29.5 Å². The maximum Gasteiger partial charge on any atom is 0.238 e. The second kappa shape index (κ2) is 13.8. The molecule has 0 bridgehead atoms. The summed E-state index contributed by atoms with van der Waals surface area (Å²) in [5.41, 5.74) is 8.76. The van der Waals surface area contributed by atoms with Crippen LogP contribution in [0.25, 0.3) is 115 Å². The average Bonchev–Trinajstić information content (AvgIpc) is 3.95. The van der Waals surface area contributed by atoms with Crippen molar-refractivity contribution >= 4 is 86.2 Å². The summed E-state index contributed by atoms with van der Waals surface area (Å²) in [5, 5.41) is 4.41. The third-order valence-electron chi connectivity index (χ3n) is 10.6. The lowest BCUT2D eigenvalue weighted by atomic mass is 10.0. The molecule has 0 aliphatic carbocycles. The predicted octanol–water partition coefficient (Wildman–Crippen LogP) is 13.7. The highest BCUT2D eigenvalue weighted by Gasteiger charge is 2.22. The Morgan fingerprint density at radius 1 is 0.552 bits per heavy atom. The van der Waals surface area contributed by atoms with Gasteiger partial charge in [-0.2, -0.15) is 9.97 Å². The van der Waals surface area contributed by atoms with Gasteiger partial charge in [0.1, 0.15) is 0 Å². The summed E-state index contributed by atoms with van der Waals surface area (Å²) in [4.78, 5) is 26.2. The number of hydrogen-bond donors (Lipinski definition) is 0. The summed E-state index contributed by atoms with van der Waals surface area (Å²) < 4.78 is 6.72. The minimum absolute atomic E-state index is 0.539. The van der Waals surface area contributed by atoms with Gasteiger partial charge >= 0.3 is 0 Å². The Bertz CT molecular complexity index is 3430. The van der Waals surface area contributed by atoms with Crippen molar-refractivity contribution < 1.29 is 0 Å². The van der Waals surface area contributed by atoms with Gasteiger partial charge in [-0.1, -0.05) is 128 Å². The van der Waals surface area contributed by atoms with Crippen molar-refractivity contribution in [2.45, 2.75) is 6.92 Å². The molecule has 11 aromatic rings. The van der Waals surface area contributed by atoms with Crippen LogP contribution >= 0.6 is 22.7 Å². The molecule has 0 radical (unpaired) electrons. The molecule has 11 rings (SSSR count). The van der Waals surface area contributed by atoms with Crippen LogP contribution in [0.15, 0.2) is 158 Å². The van der Waals surface area contributed by atoms with E-state index in [1.165, 1.54) is 4.70 Å². The van der Waals surface area contributed by atoms with Gasteiger partial charge in [-0.05, 0) is 49.4 Å². The fourth-order valence-electron chi connectivity index (χ4n) is 8.00. The van der Waals surface area contributed by atoms with Crippen molar-refractivity contribution in [1.29, 1.82) is 0 Å². The first-order valence-electron chi connectivity index (χ1n) is 19.1. The summed E-state index contributed by atoms with van der Waals surface area (Å²) in [6.07, 6.45) is 6.05. The molecule has 5 aromatic heterocycles. The number of rotatable bonds is 7. The molecular formula is C50H32N6S2. The zero-order valence-corrected chi connectivity index (χ0v) is 32.9. The van der Waals surface area contributed by atoms with Crippen molar-refractivity contribution in [3.8, 4) is 51.4 Å². The fourth-order valence-corrected chi connectivity index (χ4v) is 10.3. The Hall–Kier alpha value is -7.13. The molecule has 6 aromatic carbocycles. The second-order valence-electron chi connectivity index (χ2n) is 14.0. The van der Waals surface area contributed by atoms with Crippen LogP contribution in [0, 0.1) is 0 Å². The van der Waals surface area contributed by atoms with Crippen LogP contribution in [0.2, 0.25) is 0 Å². The molecular weight excluding hydrogens is 749 g/mol. The Kier molecular flexibility index (Phi) is 8.13. The minimum atomic E-state index is 0.539. The quantitative estimate of drug-likeness (QED) is 0.161. The average molecular weight is 781 g/mol. The van der Waals surface area contributed by atoms with Crippen LogP contribution in [0.5, 0.6) is 0 Å². The van der Waals surface area contributed by atoms with E-state index in [1.807, 2.05) is 61.5 Å². The molecule has 6 nitrogen and oxygen atoms in total. The highest BCUT2D eigenvalue weighted by Crippen LogP contribution is 2.43. The molecule has 0 amide bonds. The zero-order chi connectivity index (χ0) is 38.7. The summed E-state index contributed by atoms with van der Waals surface area (Å²) in [6.45, 7) is 6.21. The fraction of sp³-hybridized carbons (Fsp3) is 0.0200. The van der Waals surface area contributed by atoms with E-state index >= 15 is 0 Å². The molecule has 0 unspecified atom stereocenters. The third kappa shape index (κ3) is 5.49. The number of thiophene rings is 2. The Labute approximate surface area is 341 Å². The van der Waals surface area contributed by atoms with Crippen LogP contribution in [0.4, 0.5) is 0 Å². The van der Waals surface area contributed by atoms with Gasteiger partial charge in [-0.15, -0.1) is 22.7 Å². The molecule has 274 valence electrons. The molecule has 0 N–H and O–H groups in total. The van der Waals surface area contributed by atoms with E-state index in [0.717, 1.165) is 85.9 Å². The van der Waals surface area contributed by atoms with Crippen molar-refractivity contribution in [1.82, 2.24) is 29.5 Å². The number of allylic oxidation sites excluding steroid dienone is 1. The number of fused-ring (bicyclic) bond motifs is 7. The Morgan fingerprint density at radius 3 is 2.05 bits per heavy atom. The van der Waals surface area contributed by atoms with Crippen molar-refractivity contribution in [2.75, 3.05) is 0 Å². The van der Waals surface area contributed by atoms with Crippen molar-refractivity contribution in [3.05, 3.63) is 170 Å². The molecule has 0 spiro atoms. The zero-order valence-electron chi connectivity index (χ0n) is 31.3. The molecule has 0 aliphatic heterocycles. The van der Waals surface area contributed by atoms with Gasteiger partial charge < -0.3 is 0 Å². The lowest BCUT2D eigenvalue weighted by molar-refractivity contribution is 0.926. The number of benzene rings is 6. The summed E-state index contributed by atoms with van der Waals surface area (Å²) >= 11 is 3.51. The molecule has 0 saturated carbocycles. The highest BCUT2D eigenvalue weighted by atomic mass is 32.1. The normalized spacial score (nSPS) is 11.9. The van der Waals surface area contributed by atoms with Gasteiger partial charge in [0.15, 0.2) is 17.5 Å². The van der Waals surface area contributed by atoms with Crippen LogP contribution in [0.1, 0.15) is 18.2 Å². The Morgan fingerprint density at radius 2 is 1.24 bits per heavy atom. The van der Waals surface area contributed by atoms with Gasteiger partial charge in [-0.25, -0.2) is 15.0 Å². The summed E-state index contributed by atoms with van der Waals surface area (Å²) in [5.74, 6) is 2.42. The van der Waals surface area contributed by atoms with E-state index in [9.17, 15) is 0 Å². The van der Waals surface area contributed by atoms with Gasteiger partial charge in [-0.3, -0.25) is 4.57 Å². The van der Waals surface area contributed by atoms with Gasteiger partial charge in [0.25, 0.3) is 0 Å². The highest BCUT2D eigenvalue weighted by molar-refractivity contribution is 7.26. The summed E-state index contributed by atoms with van der Waals surface area (Å²) in [7, 11) is 0. The van der Waals surface area contributed by atoms with Crippen LogP contribution < -0.4 is 0 Å². The lowest BCUT2D eigenvalue weighted by Gasteiger charge is -2.12. The number of nitrogens with zero attached hydrogens (tertiary/aromatic N) is 6. The van der Waals surface area contributed by atoms with Crippen molar-refractivity contribution in [3.63, 3.8) is 0 Å². The van der Waals surface area contributed by atoms with Crippen LogP contribution in [0.3, 0.4) is 0 Å². The second-order valence-corrected chi connectivity index (χ2v) is 16.2. The molecule has 0 saturated heterocycles. The van der Waals surface area contributed by atoms with E-state index < -0.39 is 0 Å². The number of aromatic nitrogens is 6. The smallest absolute Gasteiger partial charge is 0.238 e. The van der Waals surface area contributed by atoms with E-state index in [0.29, 0.717) is 23.4 Å². The first kappa shape index (κ1) is 34.1. The summed E-state index contributed by atoms with van der Waals surface area (Å²) in [6, 6.07) is 50.3. The SMILES string of the molecule is C=Cc1c(/C=C\C)n(-c2nc(-c3ccccc3)nc(-c3cccc4sc5ccc(-c6nc(-c7ccccc7)c7sc8ccccc8c7n6)cc5c34)n2)c2ccccc12. The lowest BCUT2D eigenvalue weighted by Crippen LogP contribution is -2.08. The van der Waals surface area contributed by atoms with Gasteiger partial charge in [0.05, 0.1) is 27.1 Å². The number of para-hydroxylation sites is 1. The molecule has 0 aliphatic rings. The maximum atomic E-state index is 5.31. The molecule has 5 heterocycles. The van der Waals surface area contributed by atoms with E-state index in [4.69, 9.17) is 24.9 Å². The van der Waals surface area contributed by atoms with E-state index in [1.54, 1.807) is 22.7 Å². The minimum Gasteiger partial charge on any atom is -0.278 e. The largest absolute Gasteiger partial charge is 0.278 e. The first-order valence-corrected chi connectivity index (χ1v) is 20.7. The topological polar surface area (TPSA) is 69.4 Å². The molecule has 0 fully saturated rings.